The van der Waals surface area contributed by atoms with Gasteiger partial charge >= 0.3 is 0 Å². The maximum Gasteiger partial charge on any atom is 0.0484 e. The minimum absolute atomic E-state index is 0.105. The highest BCUT2D eigenvalue weighted by molar-refractivity contribution is 4.82. The van der Waals surface area contributed by atoms with Gasteiger partial charge < -0.3 is 5.11 Å². The molecule has 0 fully saturated rings. The van der Waals surface area contributed by atoms with E-state index >= 15 is 0 Å². The maximum absolute atomic E-state index is 9.33. The van der Waals surface area contributed by atoms with Crippen molar-refractivity contribution in [3.63, 3.8) is 0 Å². The van der Waals surface area contributed by atoms with Crippen LogP contribution in [0, 0.1) is 16.7 Å². The Hall–Kier alpha value is -0.0400. The first kappa shape index (κ1) is 13.0. The van der Waals surface area contributed by atoms with E-state index in [1.165, 1.54) is 0 Å². The third-order valence-corrected chi connectivity index (χ3v) is 3.68. The molecule has 0 aromatic carbocycles. The average molecular weight is 186 g/mol. The van der Waals surface area contributed by atoms with E-state index in [4.69, 9.17) is 0 Å². The maximum atomic E-state index is 9.33. The third-order valence-electron chi connectivity index (χ3n) is 3.68. The van der Waals surface area contributed by atoms with E-state index in [0.29, 0.717) is 17.9 Å². The van der Waals surface area contributed by atoms with Crippen LogP contribution in [0.3, 0.4) is 0 Å². The van der Waals surface area contributed by atoms with Crippen molar-refractivity contribution in [1.29, 1.82) is 0 Å². The van der Waals surface area contributed by atoms with E-state index in [1.807, 2.05) is 0 Å². The van der Waals surface area contributed by atoms with Crippen molar-refractivity contribution in [2.24, 2.45) is 16.7 Å². The molecular weight excluding hydrogens is 160 g/mol. The van der Waals surface area contributed by atoms with E-state index in [-0.39, 0.29) is 5.41 Å². The van der Waals surface area contributed by atoms with Crippen molar-refractivity contribution < 1.29 is 5.11 Å². The van der Waals surface area contributed by atoms with Gasteiger partial charge in [0.05, 0.1) is 0 Å². The zero-order chi connectivity index (χ0) is 10.7. The highest BCUT2D eigenvalue weighted by atomic mass is 16.3. The Morgan fingerprint density at radius 1 is 1.15 bits per heavy atom. The van der Waals surface area contributed by atoms with E-state index in [9.17, 15) is 5.11 Å². The molecule has 0 aliphatic carbocycles. The van der Waals surface area contributed by atoms with Crippen molar-refractivity contribution in [2.45, 2.75) is 54.4 Å². The first-order valence-electron chi connectivity index (χ1n) is 5.38. The SMILES string of the molecule is CCC(C)(CO)CC(C)(C)C(C)C. The van der Waals surface area contributed by atoms with Crippen molar-refractivity contribution in [3.05, 3.63) is 0 Å². The van der Waals surface area contributed by atoms with Crippen molar-refractivity contribution in [2.75, 3.05) is 6.61 Å². The van der Waals surface area contributed by atoms with Gasteiger partial charge in [-0.05, 0) is 29.6 Å². The standard InChI is InChI=1S/C12H26O/c1-7-12(6,9-13)8-11(4,5)10(2)3/h10,13H,7-9H2,1-6H3. The molecule has 0 saturated carbocycles. The smallest absolute Gasteiger partial charge is 0.0484 e. The topological polar surface area (TPSA) is 20.2 Å². The highest BCUT2D eigenvalue weighted by Gasteiger charge is 2.32. The van der Waals surface area contributed by atoms with Gasteiger partial charge in [0.15, 0.2) is 0 Å². The molecule has 1 heteroatoms. The van der Waals surface area contributed by atoms with Crippen LogP contribution < -0.4 is 0 Å². The van der Waals surface area contributed by atoms with Crippen LogP contribution in [0.1, 0.15) is 54.4 Å². The lowest BCUT2D eigenvalue weighted by Gasteiger charge is -2.38. The van der Waals surface area contributed by atoms with Gasteiger partial charge in [-0.25, -0.2) is 0 Å². The summed E-state index contributed by atoms with van der Waals surface area (Å²) in [7, 11) is 0. The molecular formula is C12H26O. The van der Waals surface area contributed by atoms with Crippen LogP contribution in [0.25, 0.3) is 0 Å². The molecule has 0 aromatic rings. The largest absolute Gasteiger partial charge is 0.396 e. The first-order chi connectivity index (χ1) is 5.77. The van der Waals surface area contributed by atoms with Gasteiger partial charge in [0.2, 0.25) is 0 Å². The fourth-order valence-corrected chi connectivity index (χ4v) is 1.60. The Labute approximate surface area is 83.5 Å². The van der Waals surface area contributed by atoms with E-state index in [0.717, 1.165) is 12.8 Å². The molecule has 0 aromatic heterocycles. The van der Waals surface area contributed by atoms with Crippen LogP contribution >= 0.6 is 0 Å². The molecule has 0 radical (unpaired) electrons. The summed E-state index contributed by atoms with van der Waals surface area (Å²) in [6, 6.07) is 0. The Morgan fingerprint density at radius 2 is 1.62 bits per heavy atom. The zero-order valence-electron chi connectivity index (χ0n) is 10.1. The van der Waals surface area contributed by atoms with Gasteiger partial charge in [0.1, 0.15) is 0 Å². The molecule has 1 atom stereocenters. The Bertz CT molecular complexity index is 140. The predicted molar refractivity (Wildman–Crippen MR) is 58.7 cm³/mol. The summed E-state index contributed by atoms with van der Waals surface area (Å²) in [6.45, 7) is 13.7. The highest BCUT2D eigenvalue weighted by Crippen LogP contribution is 2.40. The molecule has 0 aliphatic heterocycles. The molecule has 0 saturated heterocycles. The van der Waals surface area contributed by atoms with E-state index < -0.39 is 0 Å². The molecule has 0 bridgehead atoms. The van der Waals surface area contributed by atoms with Gasteiger partial charge in [0.25, 0.3) is 0 Å². The number of hydrogen-bond donors (Lipinski definition) is 1. The molecule has 13 heavy (non-hydrogen) atoms. The van der Waals surface area contributed by atoms with Crippen molar-refractivity contribution in [3.8, 4) is 0 Å². The number of rotatable bonds is 5. The molecule has 1 nitrogen and oxygen atoms in total. The summed E-state index contributed by atoms with van der Waals surface area (Å²) in [4.78, 5) is 0. The van der Waals surface area contributed by atoms with Crippen molar-refractivity contribution in [1.82, 2.24) is 0 Å². The lowest BCUT2D eigenvalue weighted by molar-refractivity contribution is 0.0624. The van der Waals surface area contributed by atoms with Gasteiger partial charge in [-0.1, -0.05) is 41.5 Å². The Balaban J connectivity index is 4.39. The molecule has 0 spiro atoms. The fraction of sp³-hybridized carbons (Fsp3) is 1.00. The minimum Gasteiger partial charge on any atom is -0.396 e. The third kappa shape index (κ3) is 3.68. The molecule has 0 heterocycles. The number of aliphatic hydroxyl groups excluding tert-OH is 1. The molecule has 0 rings (SSSR count). The zero-order valence-corrected chi connectivity index (χ0v) is 10.1. The predicted octanol–water partition coefficient (Wildman–Crippen LogP) is 3.47. The van der Waals surface area contributed by atoms with Crippen LogP contribution in [0.15, 0.2) is 0 Å². The van der Waals surface area contributed by atoms with Gasteiger partial charge in [-0.2, -0.15) is 0 Å². The molecule has 1 unspecified atom stereocenters. The Kier molecular flexibility index (Phi) is 4.44. The summed E-state index contributed by atoms with van der Waals surface area (Å²) < 4.78 is 0. The second kappa shape index (κ2) is 4.45. The van der Waals surface area contributed by atoms with E-state index in [2.05, 4.69) is 41.5 Å². The van der Waals surface area contributed by atoms with Crippen LogP contribution in [0.2, 0.25) is 0 Å². The average Bonchev–Trinajstić information content (AvgIpc) is 2.03. The Morgan fingerprint density at radius 3 is 1.85 bits per heavy atom. The summed E-state index contributed by atoms with van der Waals surface area (Å²) >= 11 is 0. The lowest BCUT2D eigenvalue weighted by atomic mass is 9.68. The van der Waals surface area contributed by atoms with Crippen LogP contribution in [0.4, 0.5) is 0 Å². The number of aliphatic hydroxyl groups is 1. The van der Waals surface area contributed by atoms with Crippen LogP contribution in [0.5, 0.6) is 0 Å². The van der Waals surface area contributed by atoms with Crippen LogP contribution in [-0.2, 0) is 0 Å². The second-order valence-corrected chi connectivity index (χ2v) is 5.64. The normalized spacial score (nSPS) is 17.5. The van der Waals surface area contributed by atoms with Gasteiger partial charge in [-0.15, -0.1) is 0 Å². The lowest BCUT2D eigenvalue weighted by Crippen LogP contribution is -2.31. The monoisotopic (exact) mass is 186 g/mol. The van der Waals surface area contributed by atoms with E-state index in [1.54, 1.807) is 0 Å². The van der Waals surface area contributed by atoms with Gasteiger partial charge in [0, 0.05) is 6.61 Å². The minimum atomic E-state index is 0.105. The molecule has 1 N–H and O–H groups in total. The summed E-state index contributed by atoms with van der Waals surface area (Å²) in [5.74, 6) is 0.671. The number of hydrogen-bond acceptors (Lipinski definition) is 1. The van der Waals surface area contributed by atoms with Gasteiger partial charge in [-0.3, -0.25) is 0 Å². The first-order valence-corrected chi connectivity index (χ1v) is 5.38. The van der Waals surface area contributed by atoms with Crippen LogP contribution in [-0.4, -0.2) is 11.7 Å². The summed E-state index contributed by atoms with van der Waals surface area (Å²) in [5, 5.41) is 9.33. The second-order valence-electron chi connectivity index (χ2n) is 5.64. The molecule has 0 aliphatic rings. The molecule has 0 amide bonds. The summed E-state index contributed by atoms with van der Waals surface area (Å²) in [6.07, 6.45) is 2.16. The quantitative estimate of drug-likeness (QED) is 0.697. The molecule has 80 valence electrons. The summed E-state index contributed by atoms with van der Waals surface area (Å²) in [5.41, 5.74) is 0.432. The fourth-order valence-electron chi connectivity index (χ4n) is 1.60. The van der Waals surface area contributed by atoms with Crippen molar-refractivity contribution >= 4 is 0 Å².